The molecule has 1 fully saturated rings. The number of nitrogens with one attached hydrogen (secondary N) is 2. The van der Waals surface area contributed by atoms with Gasteiger partial charge in [-0.1, -0.05) is 18.1 Å². The third kappa shape index (κ3) is 6.97. The summed E-state index contributed by atoms with van der Waals surface area (Å²) in [4.78, 5) is 4.33. The molecule has 0 unspecified atom stereocenters. The van der Waals surface area contributed by atoms with Gasteiger partial charge >= 0.3 is 0 Å². The van der Waals surface area contributed by atoms with Gasteiger partial charge in [0.05, 0.1) is 13.2 Å². The van der Waals surface area contributed by atoms with Crippen molar-refractivity contribution >= 4 is 29.9 Å². The van der Waals surface area contributed by atoms with Gasteiger partial charge in [-0.05, 0) is 37.5 Å². The number of hydrogen-bond donors (Lipinski definition) is 2. The molecule has 1 saturated carbocycles. The highest BCUT2D eigenvalue weighted by Crippen LogP contribution is 2.43. The van der Waals surface area contributed by atoms with Crippen LogP contribution < -0.4 is 10.6 Å². The van der Waals surface area contributed by atoms with E-state index in [1.807, 2.05) is 7.05 Å². The Morgan fingerprint density at radius 1 is 1.39 bits per heavy atom. The fourth-order valence-electron chi connectivity index (χ4n) is 3.14. The summed E-state index contributed by atoms with van der Waals surface area (Å²) >= 11 is 0. The Kier molecular flexibility index (Phi) is 10.1. The number of hydrogen-bond acceptors (Lipinski definition) is 3. The largest absolute Gasteiger partial charge is 0.385 e. The van der Waals surface area contributed by atoms with Crippen molar-refractivity contribution in [3.05, 3.63) is 11.6 Å². The summed E-state index contributed by atoms with van der Waals surface area (Å²) in [6.45, 7) is 4.40. The molecule has 5 nitrogen and oxygen atoms in total. The van der Waals surface area contributed by atoms with Crippen molar-refractivity contribution in [2.24, 2.45) is 10.4 Å². The SMILES string of the molecule is CN=C(NCCC1=CCOCC1)NCC1(CCOC)CCC1.I. The van der Waals surface area contributed by atoms with Crippen LogP contribution >= 0.6 is 24.0 Å². The third-order valence-electron chi connectivity index (χ3n) is 4.90. The summed E-state index contributed by atoms with van der Waals surface area (Å²) in [5.41, 5.74) is 1.90. The predicted molar refractivity (Wildman–Crippen MR) is 106 cm³/mol. The topological polar surface area (TPSA) is 54.9 Å². The first-order valence-electron chi connectivity index (χ1n) is 8.47. The van der Waals surface area contributed by atoms with Crippen molar-refractivity contribution < 1.29 is 9.47 Å². The first-order valence-corrected chi connectivity index (χ1v) is 8.47. The van der Waals surface area contributed by atoms with Gasteiger partial charge in [-0.25, -0.2) is 0 Å². The van der Waals surface area contributed by atoms with Crippen molar-refractivity contribution in [1.29, 1.82) is 0 Å². The van der Waals surface area contributed by atoms with E-state index in [0.29, 0.717) is 5.41 Å². The van der Waals surface area contributed by atoms with Crippen LogP contribution in [0.5, 0.6) is 0 Å². The predicted octanol–water partition coefficient (Wildman–Crippen LogP) is 2.71. The molecule has 2 aliphatic rings. The van der Waals surface area contributed by atoms with Gasteiger partial charge in [0, 0.05) is 33.9 Å². The lowest BCUT2D eigenvalue weighted by molar-refractivity contribution is 0.0732. The zero-order valence-electron chi connectivity index (χ0n) is 14.5. The summed E-state index contributed by atoms with van der Waals surface area (Å²) in [5.74, 6) is 0.913. The fraction of sp³-hybridized carbons (Fsp3) is 0.824. The van der Waals surface area contributed by atoms with Crippen molar-refractivity contribution in [2.75, 3.05) is 47.1 Å². The van der Waals surface area contributed by atoms with E-state index in [0.717, 1.165) is 58.1 Å². The minimum Gasteiger partial charge on any atom is -0.385 e. The van der Waals surface area contributed by atoms with Crippen LogP contribution in [0.3, 0.4) is 0 Å². The third-order valence-corrected chi connectivity index (χ3v) is 4.90. The maximum Gasteiger partial charge on any atom is 0.191 e. The van der Waals surface area contributed by atoms with Crippen molar-refractivity contribution in [2.45, 2.75) is 38.5 Å². The summed E-state index contributed by atoms with van der Waals surface area (Å²) < 4.78 is 10.6. The van der Waals surface area contributed by atoms with Crippen molar-refractivity contribution in [3.63, 3.8) is 0 Å². The molecule has 0 radical (unpaired) electrons. The van der Waals surface area contributed by atoms with Crippen LogP contribution in [0, 0.1) is 5.41 Å². The van der Waals surface area contributed by atoms with Crippen LogP contribution in [0.15, 0.2) is 16.6 Å². The van der Waals surface area contributed by atoms with Gasteiger partial charge in [0.1, 0.15) is 0 Å². The first kappa shape index (κ1) is 20.7. The minimum atomic E-state index is 0. The maximum atomic E-state index is 5.33. The Labute approximate surface area is 157 Å². The van der Waals surface area contributed by atoms with E-state index < -0.39 is 0 Å². The van der Waals surface area contributed by atoms with Gasteiger partial charge in [0.15, 0.2) is 5.96 Å². The monoisotopic (exact) mass is 437 g/mol. The number of halogens is 1. The average molecular weight is 437 g/mol. The number of aliphatic imine (C=N–C) groups is 1. The quantitative estimate of drug-likeness (QED) is 0.266. The van der Waals surface area contributed by atoms with Crippen molar-refractivity contribution in [1.82, 2.24) is 10.6 Å². The highest BCUT2D eigenvalue weighted by Gasteiger charge is 2.36. The van der Waals surface area contributed by atoms with E-state index >= 15 is 0 Å². The molecule has 1 aliphatic heterocycles. The van der Waals surface area contributed by atoms with E-state index in [9.17, 15) is 0 Å². The molecule has 0 spiro atoms. The number of guanidine groups is 1. The van der Waals surface area contributed by atoms with E-state index in [1.165, 1.54) is 24.8 Å². The van der Waals surface area contributed by atoms with Crippen LogP contribution in [-0.2, 0) is 9.47 Å². The van der Waals surface area contributed by atoms with E-state index in [4.69, 9.17) is 9.47 Å². The average Bonchev–Trinajstić information content (AvgIpc) is 2.52. The molecular formula is C17H32IN3O2. The zero-order chi connectivity index (χ0) is 15.7. The second kappa shape index (κ2) is 11.3. The second-order valence-electron chi connectivity index (χ2n) is 6.39. The van der Waals surface area contributed by atoms with E-state index in [-0.39, 0.29) is 24.0 Å². The summed E-state index contributed by atoms with van der Waals surface area (Å²) in [7, 11) is 3.62. The van der Waals surface area contributed by atoms with Crippen molar-refractivity contribution in [3.8, 4) is 0 Å². The molecule has 0 amide bonds. The molecule has 0 saturated heterocycles. The molecule has 2 N–H and O–H groups in total. The Bertz CT molecular complexity index is 395. The smallest absolute Gasteiger partial charge is 0.191 e. The van der Waals surface area contributed by atoms with Crippen LogP contribution in [-0.4, -0.2) is 53.0 Å². The molecule has 0 aromatic rings. The molecule has 6 heteroatoms. The first-order chi connectivity index (χ1) is 10.8. The minimum absolute atomic E-state index is 0. The van der Waals surface area contributed by atoms with Crippen LogP contribution in [0.2, 0.25) is 0 Å². The molecule has 0 aromatic heterocycles. The zero-order valence-corrected chi connectivity index (χ0v) is 16.9. The Hall–Kier alpha value is -0.340. The number of ether oxygens (including phenoxy) is 2. The summed E-state index contributed by atoms with van der Waals surface area (Å²) in [6, 6.07) is 0. The molecule has 0 atom stereocenters. The standard InChI is InChI=1S/C17H31N3O2.HI/c1-18-16(19-10-4-15-5-11-22-12-6-15)20-14-17(7-3-8-17)9-13-21-2;/h5H,3-4,6-14H2,1-2H3,(H2,18,19,20);1H. The van der Waals surface area contributed by atoms with E-state index in [1.54, 1.807) is 7.11 Å². The Balaban J connectivity index is 0.00000264. The molecule has 2 rings (SSSR count). The maximum absolute atomic E-state index is 5.33. The van der Waals surface area contributed by atoms with Gasteiger partial charge in [-0.3, -0.25) is 4.99 Å². The lowest BCUT2D eigenvalue weighted by Crippen LogP contribution is -2.47. The molecule has 0 aromatic carbocycles. The van der Waals surface area contributed by atoms with Gasteiger partial charge in [0.25, 0.3) is 0 Å². The molecule has 0 bridgehead atoms. The lowest BCUT2D eigenvalue weighted by Gasteiger charge is -2.42. The van der Waals surface area contributed by atoms with Crippen LogP contribution in [0.1, 0.15) is 38.5 Å². The summed E-state index contributed by atoms with van der Waals surface area (Å²) in [6.07, 6.45) is 9.41. The Morgan fingerprint density at radius 2 is 2.22 bits per heavy atom. The lowest BCUT2D eigenvalue weighted by atomic mass is 9.67. The molecule has 1 heterocycles. The highest BCUT2D eigenvalue weighted by atomic mass is 127. The molecular weight excluding hydrogens is 405 g/mol. The molecule has 134 valence electrons. The number of nitrogens with zero attached hydrogens (tertiary/aromatic N) is 1. The molecule has 23 heavy (non-hydrogen) atoms. The van der Waals surface area contributed by atoms with Crippen LogP contribution in [0.4, 0.5) is 0 Å². The van der Waals surface area contributed by atoms with Crippen LogP contribution in [0.25, 0.3) is 0 Å². The second-order valence-corrected chi connectivity index (χ2v) is 6.39. The fourth-order valence-corrected chi connectivity index (χ4v) is 3.14. The van der Waals surface area contributed by atoms with Gasteiger partial charge < -0.3 is 20.1 Å². The Morgan fingerprint density at radius 3 is 2.78 bits per heavy atom. The van der Waals surface area contributed by atoms with E-state index in [2.05, 4.69) is 21.7 Å². The highest BCUT2D eigenvalue weighted by molar-refractivity contribution is 14.0. The van der Waals surface area contributed by atoms with Gasteiger partial charge in [-0.2, -0.15) is 0 Å². The number of methoxy groups -OCH3 is 1. The number of rotatable bonds is 8. The molecule has 1 aliphatic carbocycles. The normalized spacial score (nSPS) is 20.1. The summed E-state index contributed by atoms with van der Waals surface area (Å²) in [5, 5.41) is 6.92. The van der Waals surface area contributed by atoms with Gasteiger partial charge in [0.2, 0.25) is 0 Å². The van der Waals surface area contributed by atoms with Gasteiger partial charge in [-0.15, -0.1) is 24.0 Å².